The first-order chi connectivity index (χ1) is 16.2. The molecular weight excluding hydrogens is 449 g/mol. The number of aromatic nitrogens is 1. The van der Waals surface area contributed by atoms with Crippen molar-refractivity contribution in [2.24, 2.45) is 0 Å². The highest BCUT2D eigenvalue weighted by Crippen LogP contribution is 2.29. The molecule has 184 valence electrons. The fraction of sp³-hybridized carbons (Fsp3) is 0.522. The molecule has 11 heteroatoms. The summed E-state index contributed by atoms with van der Waals surface area (Å²) in [7, 11) is 0. The third-order valence-corrected chi connectivity index (χ3v) is 5.32. The molecule has 0 bridgehead atoms. The molecule has 2 aliphatic heterocycles. The second-order valence-electron chi connectivity index (χ2n) is 9.16. The van der Waals surface area contributed by atoms with E-state index in [2.05, 4.69) is 9.68 Å². The van der Waals surface area contributed by atoms with Crippen LogP contribution < -0.4 is 14.4 Å². The maximum Gasteiger partial charge on any atom is 0.414 e. The quantitative estimate of drug-likeness (QED) is 0.615. The van der Waals surface area contributed by atoms with E-state index < -0.39 is 23.6 Å². The number of likely N-dealkylation sites (tertiary alicyclic amines) is 1. The van der Waals surface area contributed by atoms with Gasteiger partial charge in [0.15, 0.2) is 17.7 Å². The van der Waals surface area contributed by atoms with Gasteiger partial charge >= 0.3 is 12.2 Å². The summed E-state index contributed by atoms with van der Waals surface area (Å²) in [5.41, 5.74) is -0.195. The van der Waals surface area contributed by atoms with Crippen molar-refractivity contribution < 1.29 is 37.5 Å². The molecule has 1 unspecified atom stereocenters. The third-order valence-electron chi connectivity index (χ3n) is 5.32. The largest absolute Gasteiger partial charge is 0.487 e. The lowest BCUT2D eigenvalue weighted by Crippen LogP contribution is -2.44. The minimum atomic E-state index is -0.587. The number of halogens is 1. The molecule has 2 fully saturated rings. The molecule has 2 saturated heterocycles. The number of benzene rings is 1. The molecule has 0 spiro atoms. The fourth-order valence-corrected chi connectivity index (χ4v) is 3.69. The zero-order valence-corrected chi connectivity index (χ0v) is 19.4. The van der Waals surface area contributed by atoms with Gasteiger partial charge in [0, 0.05) is 38.1 Å². The zero-order chi connectivity index (χ0) is 24.3. The Bertz CT molecular complexity index is 1000. The predicted octanol–water partition coefficient (Wildman–Crippen LogP) is 4.00. The number of anilines is 1. The topological polar surface area (TPSA) is 104 Å². The van der Waals surface area contributed by atoms with Gasteiger partial charge in [-0.3, -0.25) is 4.90 Å². The smallest absolute Gasteiger partial charge is 0.414 e. The van der Waals surface area contributed by atoms with Gasteiger partial charge in [-0.1, -0.05) is 0 Å². The lowest BCUT2D eigenvalue weighted by Gasteiger charge is -2.33. The van der Waals surface area contributed by atoms with E-state index in [1.54, 1.807) is 17.0 Å². The van der Waals surface area contributed by atoms with Crippen LogP contribution in [0.4, 0.5) is 19.7 Å². The molecule has 0 radical (unpaired) electrons. The average Bonchev–Trinajstić information content (AvgIpc) is 3.42. The summed E-state index contributed by atoms with van der Waals surface area (Å²) >= 11 is 0. The number of hydrogen-bond acceptors (Lipinski definition) is 8. The Kier molecular flexibility index (Phi) is 6.80. The molecule has 2 amide bonds. The number of carbonyl (C=O) groups is 2. The van der Waals surface area contributed by atoms with Crippen molar-refractivity contribution in [3.05, 3.63) is 36.3 Å². The second kappa shape index (κ2) is 9.78. The summed E-state index contributed by atoms with van der Waals surface area (Å²) in [5.74, 6) is -0.195. The minimum Gasteiger partial charge on any atom is -0.487 e. The maximum atomic E-state index is 14.8. The Morgan fingerprint density at radius 1 is 1.24 bits per heavy atom. The average molecular weight is 477 g/mol. The first kappa shape index (κ1) is 23.7. The fourth-order valence-electron chi connectivity index (χ4n) is 3.69. The van der Waals surface area contributed by atoms with Crippen molar-refractivity contribution in [1.82, 2.24) is 10.1 Å². The van der Waals surface area contributed by atoms with Gasteiger partial charge in [-0.2, -0.15) is 0 Å². The highest BCUT2D eigenvalue weighted by molar-refractivity contribution is 5.89. The van der Waals surface area contributed by atoms with E-state index in [9.17, 15) is 14.0 Å². The molecule has 0 saturated carbocycles. The van der Waals surface area contributed by atoms with Crippen LogP contribution in [0.5, 0.6) is 11.6 Å². The normalized spacial score (nSPS) is 19.2. The summed E-state index contributed by atoms with van der Waals surface area (Å²) in [6.45, 7) is 6.71. The molecule has 0 aliphatic carbocycles. The summed E-state index contributed by atoms with van der Waals surface area (Å²) in [6.07, 6.45) is 0.796. The van der Waals surface area contributed by atoms with E-state index >= 15 is 0 Å². The van der Waals surface area contributed by atoms with Crippen molar-refractivity contribution in [2.45, 2.75) is 51.4 Å². The third kappa shape index (κ3) is 5.89. The van der Waals surface area contributed by atoms with Crippen molar-refractivity contribution in [2.75, 3.05) is 31.1 Å². The number of amides is 2. The molecule has 34 heavy (non-hydrogen) atoms. The SMILES string of the molecule is CC(C)(C)OC(=O)N1CCC(Oc2ccc(N3CC(COc4ccon4)OC3=O)cc2F)CC1. The van der Waals surface area contributed by atoms with Crippen molar-refractivity contribution >= 4 is 17.9 Å². The van der Waals surface area contributed by atoms with Crippen LogP contribution in [-0.2, 0) is 9.47 Å². The number of ether oxygens (including phenoxy) is 4. The van der Waals surface area contributed by atoms with Crippen LogP contribution in [0.1, 0.15) is 33.6 Å². The van der Waals surface area contributed by atoms with Crippen molar-refractivity contribution in [3.8, 4) is 11.6 Å². The lowest BCUT2D eigenvalue weighted by molar-refractivity contribution is 0.0123. The van der Waals surface area contributed by atoms with Crippen LogP contribution >= 0.6 is 0 Å². The minimum absolute atomic E-state index is 0.0953. The molecular formula is C23H28FN3O7. The second-order valence-corrected chi connectivity index (χ2v) is 9.16. The van der Waals surface area contributed by atoms with Gasteiger partial charge in [0.2, 0.25) is 0 Å². The van der Waals surface area contributed by atoms with Gasteiger partial charge in [-0.15, -0.1) is 0 Å². The van der Waals surface area contributed by atoms with Crippen LogP contribution in [-0.4, -0.2) is 66.3 Å². The monoisotopic (exact) mass is 477 g/mol. The Morgan fingerprint density at radius 2 is 2.00 bits per heavy atom. The first-order valence-electron chi connectivity index (χ1n) is 11.1. The van der Waals surface area contributed by atoms with Gasteiger partial charge in [0.05, 0.1) is 12.2 Å². The van der Waals surface area contributed by atoms with Crippen LogP contribution in [0.15, 0.2) is 35.1 Å². The van der Waals surface area contributed by atoms with E-state index in [0.29, 0.717) is 37.5 Å². The van der Waals surface area contributed by atoms with E-state index in [0.717, 1.165) is 0 Å². The summed E-state index contributed by atoms with van der Waals surface area (Å²) < 4.78 is 41.4. The van der Waals surface area contributed by atoms with Gasteiger partial charge < -0.3 is 28.4 Å². The molecule has 4 rings (SSSR count). The van der Waals surface area contributed by atoms with Gasteiger partial charge in [-0.25, -0.2) is 14.0 Å². The maximum absolute atomic E-state index is 14.8. The van der Waals surface area contributed by atoms with Crippen LogP contribution in [0.25, 0.3) is 0 Å². The molecule has 1 atom stereocenters. The van der Waals surface area contributed by atoms with Crippen LogP contribution in [0.2, 0.25) is 0 Å². The van der Waals surface area contributed by atoms with Gasteiger partial charge in [0.25, 0.3) is 5.88 Å². The number of hydrogen-bond donors (Lipinski definition) is 0. The molecule has 2 aliphatic rings. The first-order valence-corrected chi connectivity index (χ1v) is 11.1. The summed E-state index contributed by atoms with van der Waals surface area (Å²) in [5, 5.41) is 3.63. The zero-order valence-electron chi connectivity index (χ0n) is 19.4. The van der Waals surface area contributed by atoms with Crippen molar-refractivity contribution in [3.63, 3.8) is 0 Å². The summed E-state index contributed by atoms with van der Waals surface area (Å²) in [6, 6.07) is 5.89. The van der Waals surface area contributed by atoms with E-state index in [1.165, 1.54) is 23.3 Å². The highest BCUT2D eigenvalue weighted by atomic mass is 19.1. The summed E-state index contributed by atoms with van der Waals surface area (Å²) in [4.78, 5) is 27.4. The number of rotatable bonds is 6. The standard InChI is InChI=1S/C23H28FN3O7/c1-23(2,3)34-21(28)26-9-6-16(7-10-26)32-19-5-4-15(12-18(19)24)27-13-17(33-22(27)29)14-30-20-8-11-31-25-20/h4-5,8,11-12,16-17H,6-7,9-10,13-14H2,1-3H3. The van der Waals surface area contributed by atoms with Crippen LogP contribution in [0, 0.1) is 5.82 Å². The number of cyclic esters (lactones) is 1. The Hall–Kier alpha value is -3.50. The lowest BCUT2D eigenvalue weighted by atomic mass is 10.1. The Morgan fingerprint density at radius 3 is 2.65 bits per heavy atom. The molecule has 3 heterocycles. The number of carbonyl (C=O) groups excluding carboxylic acids is 2. The number of nitrogens with zero attached hydrogens (tertiary/aromatic N) is 3. The van der Waals surface area contributed by atoms with Crippen LogP contribution in [0.3, 0.4) is 0 Å². The van der Waals surface area contributed by atoms with Gasteiger partial charge in [-0.05, 0) is 38.1 Å². The Labute approximate surface area is 196 Å². The van der Waals surface area contributed by atoms with Gasteiger partial charge in [0.1, 0.15) is 24.6 Å². The van der Waals surface area contributed by atoms with E-state index in [4.69, 9.17) is 18.9 Å². The highest BCUT2D eigenvalue weighted by Gasteiger charge is 2.34. The molecule has 10 nitrogen and oxygen atoms in total. The number of piperidine rings is 1. The van der Waals surface area contributed by atoms with E-state index in [1.807, 2.05) is 20.8 Å². The Balaban J connectivity index is 1.29. The van der Waals surface area contributed by atoms with E-state index in [-0.39, 0.29) is 31.1 Å². The molecule has 0 N–H and O–H groups in total. The predicted molar refractivity (Wildman–Crippen MR) is 117 cm³/mol. The molecule has 1 aromatic heterocycles. The van der Waals surface area contributed by atoms with Crippen molar-refractivity contribution in [1.29, 1.82) is 0 Å². The molecule has 2 aromatic rings. The molecule has 1 aromatic carbocycles.